The minimum Gasteiger partial charge on any atom is -0.440 e. The topological polar surface area (TPSA) is 189 Å². The van der Waals surface area contributed by atoms with E-state index in [-0.39, 0.29) is 12.1 Å². The van der Waals surface area contributed by atoms with Crippen molar-refractivity contribution in [1.29, 1.82) is 0 Å². The summed E-state index contributed by atoms with van der Waals surface area (Å²) in [6, 6.07) is 1.38. The van der Waals surface area contributed by atoms with Crippen molar-refractivity contribution >= 4 is 35.8 Å². The average molecular weight is 532 g/mol. The van der Waals surface area contributed by atoms with Gasteiger partial charge in [-0.05, 0) is 26.3 Å². The Hall–Kier alpha value is -1.61. The van der Waals surface area contributed by atoms with Crippen molar-refractivity contribution in [3.05, 3.63) is 23.5 Å². The van der Waals surface area contributed by atoms with E-state index < -0.39 is 41.8 Å². The van der Waals surface area contributed by atoms with Crippen molar-refractivity contribution in [2.24, 2.45) is 0 Å². The molecule has 0 aliphatic carbocycles. The molecule has 0 bridgehead atoms. The lowest BCUT2D eigenvalue weighted by Gasteiger charge is -2.29. The Morgan fingerprint density at radius 2 is 1.91 bits per heavy atom. The Kier molecular flexibility index (Phi) is 10.4. The van der Waals surface area contributed by atoms with Crippen molar-refractivity contribution in [2.45, 2.75) is 32.8 Å². The first-order valence-electron chi connectivity index (χ1n) is 8.98. The molecule has 0 spiro atoms. The van der Waals surface area contributed by atoms with E-state index in [4.69, 9.17) is 14.2 Å². The van der Waals surface area contributed by atoms with Gasteiger partial charge in [-0.2, -0.15) is 8.88 Å². The van der Waals surface area contributed by atoms with Gasteiger partial charge >= 0.3 is 29.6 Å². The van der Waals surface area contributed by atoms with Crippen molar-refractivity contribution in [3.8, 4) is 11.8 Å². The molecule has 14 nitrogen and oxygen atoms in total. The van der Waals surface area contributed by atoms with Crippen molar-refractivity contribution < 1.29 is 60.0 Å². The Morgan fingerprint density at radius 3 is 2.39 bits per heavy atom. The van der Waals surface area contributed by atoms with Crippen LogP contribution in [0.5, 0.6) is 0 Å². The van der Waals surface area contributed by atoms with Crippen LogP contribution < -0.4 is 0 Å². The van der Waals surface area contributed by atoms with Crippen LogP contribution in [-0.4, -0.2) is 53.2 Å². The second-order valence-corrected chi connectivity index (χ2v) is 11.5. The predicted octanol–water partition coefficient (Wildman–Crippen LogP) is 3.21. The SMILES string of the molecule is CC#Cc1cc(C=O)n(C(=O)OC(C)(CC)COP(=O)(OC)OP(=O)(O)OP(=O)([OH2+])OC)c1. The molecule has 186 valence electrons. The van der Waals surface area contributed by atoms with Gasteiger partial charge in [-0.15, -0.1) is 10.2 Å². The molecule has 33 heavy (non-hydrogen) atoms. The molecule has 17 heteroatoms. The molecule has 0 saturated carbocycles. The van der Waals surface area contributed by atoms with E-state index in [0.29, 0.717) is 11.8 Å². The Bertz CT molecular complexity index is 1070. The highest BCUT2D eigenvalue weighted by atomic mass is 31.3. The first kappa shape index (κ1) is 29.4. The number of carbonyl (C=O) groups is 2. The number of rotatable bonds is 12. The third-order valence-electron chi connectivity index (χ3n) is 3.92. The zero-order chi connectivity index (χ0) is 25.5. The van der Waals surface area contributed by atoms with Crippen LogP contribution in [0, 0.1) is 11.8 Å². The van der Waals surface area contributed by atoms with Crippen LogP contribution in [0.15, 0.2) is 12.3 Å². The van der Waals surface area contributed by atoms with E-state index >= 15 is 0 Å². The quantitative estimate of drug-likeness (QED) is 0.179. The monoisotopic (exact) mass is 532 g/mol. The molecular weight excluding hydrogens is 507 g/mol. The van der Waals surface area contributed by atoms with Crippen LogP contribution >= 0.6 is 23.5 Å². The molecule has 0 saturated heterocycles. The molecule has 1 rings (SSSR count). The third-order valence-corrected chi connectivity index (χ3v) is 8.61. The van der Waals surface area contributed by atoms with Gasteiger partial charge in [0.25, 0.3) is 0 Å². The summed E-state index contributed by atoms with van der Waals surface area (Å²) in [5.74, 6) is 5.32. The van der Waals surface area contributed by atoms with Gasteiger partial charge in [0.05, 0.1) is 19.4 Å². The highest BCUT2D eigenvalue weighted by molar-refractivity contribution is 7.67. The Balaban J connectivity index is 3.00. The van der Waals surface area contributed by atoms with Crippen LogP contribution in [-0.2, 0) is 40.6 Å². The van der Waals surface area contributed by atoms with Crippen LogP contribution in [0.4, 0.5) is 4.79 Å². The second kappa shape index (κ2) is 11.7. The van der Waals surface area contributed by atoms with E-state index in [1.165, 1.54) is 19.2 Å². The van der Waals surface area contributed by atoms with Gasteiger partial charge in [0.15, 0.2) is 6.29 Å². The molecule has 0 radical (unpaired) electrons. The molecule has 1 heterocycles. The summed E-state index contributed by atoms with van der Waals surface area (Å²) in [4.78, 5) is 40.6. The second-order valence-electron chi connectivity index (χ2n) is 6.40. The molecule has 0 amide bonds. The number of aromatic nitrogens is 1. The lowest BCUT2D eigenvalue weighted by atomic mass is 10.1. The first-order valence-corrected chi connectivity index (χ1v) is 13.5. The van der Waals surface area contributed by atoms with Gasteiger partial charge in [-0.1, -0.05) is 12.8 Å². The maximum absolute atomic E-state index is 12.6. The first-order chi connectivity index (χ1) is 15.2. The molecule has 1 aromatic heterocycles. The Morgan fingerprint density at radius 1 is 1.27 bits per heavy atom. The summed E-state index contributed by atoms with van der Waals surface area (Å²) in [5, 5.41) is 0. The van der Waals surface area contributed by atoms with Gasteiger partial charge in [0, 0.05) is 18.9 Å². The molecule has 0 aliphatic rings. The molecule has 3 N–H and O–H groups in total. The summed E-state index contributed by atoms with van der Waals surface area (Å²) in [6.07, 6.45) is 0.838. The van der Waals surface area contributed by atoms with Crippen LogP contribution in [0.2, 0.25) is 0 Å². The zero-order valence-electron chi connectivity index (χ0n) is 18.4. The van der Waals surface area contributed by atoms with Gasteiger partial charge in [-0.25, -0.2) is 23.0 Å². The number of phosphoric ester groups is 1. The van der Waals surface area contributed by atoms with Crippen LogP contribution in [0.25, 0.3) is 0 Å². The Labute approximate surface area is 189 Å². The summed E-state index contributed by atoms with van der Waals surface area (Å²) in [7, 11) is -13.4. The summed E-state index contributed by atoms with van der Waals surface area (Å²) in [5.41, 5.74) is -1.11. The fraction of sp³-hybridized carbons (Fsp3) is 0.500. The third kappa shape index (κ3) is 8.92. The number of nitrogens with zero attached hydrogens (tertiary/aromatic N) is 1. The lowest BCUT2D eigenvalue weighted by molar-refractivity contribution is -0.0201. The van der Waals surface area contributed by atoms with Crippen LogP contribution in [0.1, 0.15) is 43.2 Å². The summed E-state index contributed by atoms with van der Waals surface area (Å²) in [6.45, 7) is 3.89. The maximum Gasteiger partial charge on any atom is 0.642 e. The molecule has 4 unspecified atom stereocenters. The molecule has 0 aliphatic heterocycles. The number of ether oxygens (including phenoxy) is 1. The van der Waals surface area contributed by atoms with Crippen molar-refractivity contribution in [1.82, 2.24) is 4.57 Å². The summed E-state index contributed by atoms with van der Waals surface area (Å²) >= 11 is 0. The predicted molar refractivity (Wildman–Crippen MR) is 114 cm³/mol. The van der Waals surface area contributed by atoms with E-state index in [9.17, 15) is 28.2 Å². The van der Waals surface area contributed by atoms with Crippen LogP contribution in [0.3, 0.4) is 0 Å². The normalized spacial score (nSPS) is 18.5. The van der Waals surface area contributed by atoms with E-state index in [2.05, 4.69) is 29.5 Å². The molecule has 0 fully saturated rings. The number of hydrogen-bond donors (Lipinski definition) is 1. The van der Waals surface area contributed by atoms with Gasteiger partial charge in [0.1, 0.15) is 5.60 Å². The molecule has 4 atom stereocenters. The lowest BCUT2D eigenvalue weighted by Crippen LogP contribution is -2.37. The highest BCUT2D eigenvalue weighted by Crippen LogP contribution is 2.69. The van der Waals surface area contributed by atoms with Crippen molar-refractivity contribution in [2.75, 3.05) is 20.8 Å². The minimum atomic E-state index is -5.40. The smallest absolute Gasteiger partial charge is 0.440 e. The summed E-state index contributed by atoms with van der Waals surface area (Å²) < 4.78 is 64.2. The fourth-order valence-corrected chi connectivity index (χ4v) is 5.78. The molecule has 0 aromatic carbocycles. The van der Waals surface area contributed by atoms with E-state index in [1.54, 1.807) is 13.8 Å². The number of phosphoric acid groups is 2. The number of carbonyl (C=O) groups excluding carboxylic acids is 2. The fourth-order valence-electron chi connectivity index (χ4n) is 2.04. The standard InChI is InChI=1S/C16H24NO13P3/c1-6-8-13-9-14(11-18)17(10-13)15(19)28-16(3,7-2)12-27-33(24,26-5)30-32(22,23)29-31(20,21)25-4/h9-11H,7,12H2,1-5H3,(H,20,21)(H,22,23)/p+1. The molecular formula is C16H25NO13P3+. The number of aldehydes is 1. The minimum absolute atomic E-state index is 0.0284. The maximum atomic E-state index is 12.6. The van der Waals surface area contributed by atoms with Gasteiger partial charge in [0.2, 0.25) is 0 Å². The highest BCUT2D eigenvalue weighted by Gasteiger charge is 2.47. The zero-order valence-corrected chi connectivity index (χ0v) is 21.1. The number of hydrogen-bond acceptors (Lipinski definition) is 11. The van der Waals surface area contributed by atoms with Gasteiger partial charge in [-0.3, -0.25) is 13.8 Å². The van der Waals surface area contributed by atoms with E-state index in [1.807, 2.05) is 0 Å². The van der Waals surface area contributed by atoms with Crippen molar-refractivity contribution in [3.63, 3.8) is 0 Å². The largest absolute Gasteiger partial charge is 0.642 e. The average Bonchev–Trinajstić information content (AvgIpc) is 3.15. The molecule has 1 aromatic rings. The van der Waals surface area contributed by atoms with E-state index in [0.717, 1.165) is 18.8 Å². The van der Waals surface area contributed by atoms with Gasteiger partial charge < -0.3 is 14.5 Å².